The summed E-state index contributed by atoms with van der Waals surface area (Å²) in [5, 5.41) is 0. The largest absolute Gasteiger partial charge is 0.384 e. The van der Waals surface area contributed by atoms with E-state index in [2.05, 4.69) is 13.8 Å². The summed E-state index contributed by atoms with van der Waals surface area (Å²) < 4.78 is 10.8. The molecule has 1 aliphatic heterocycles. The molecule has 2 nitrogen and oxygen atoms in total. The number of hydrogen-bond acceptors (Lipinski definition) is 2. The minimum Gasteiger partial charge on any atom is -0.384 e. The van der Waals surface area contributed by atoms with Crippen molar-refractivity contribution in [1.82, 2.24) is 0 Å². The van der Waals surface area contributed by atoms with Gasteiger partial charge in [-0.2, -0.15) is 0 Å². The van der Waals surface area contributed by atoms with Crippen molar-refractivity contribution in [2.45, 2.75) is 39.5 Å². The van der Waals surface area contributed by atoms with Crippen molar-refractivity contribution >= 4 is 0 Å². The monoisotopic (exact) mass is 214 g/mol. The van der Waals surface area contributed by atoms with E-state index in [1.165, 1.54) is 25.7 Å². The first-order chi connectivity index (χ1) is 7.29. The zero-order chi connectivity index (χ0) is 11.1. The lowest BCUT2D eigenvalue weighted by molar-refractivity contribution is 0.0886. The van der Waals surface area contributed by atoms with Crippen LogP contribution in [0, 0.1) is 17.8 Å². The van der Waals surface area contributed by atoms with Gasteiger partial charge in [0.1, 0.15) is 0 Å². The molecule has 0 aromatic rings. The predicted molar refractivity (Wildman–Crippen MR) is 63.0 cm³/mol. The molecule has 90 valence electrons. The molecule has 0 radical (unpaired) electrons. The van der Waals surface area contributed by atoms with Gasteiger partial charge in [0.05, 0.1) is 0 Å². The molecular weight excluding hydrogens is 188 g/mol. The van der Waals surface area contributed by atoms with E-state index in [0.717, 1.165) is 37.6 Å². The molecule has 2 heteroatoms. The Morgan fingerprint density at radius 2 is 2.27 bits per heavy atom. The van der Waals surface area contributed by atoms with E-state index < -0.39 is 0 Å². The lowest BCUT2D eigenvalue weighted by Gasteiger charge is -2.27. The Morgan fingerprint density at radius 1 is 1.47 bits per heavy atom. The van der Waals surface area contributed by atoms with E-state index >= 15 is 0 Å². The van der Waals surface area contributed by atoms with Gasteiger partial charge in [0.25, 0.3) is 0 Å². The lowest BCUT2D eigenvalue weighted by Crippen LogP contribution is -2.25. The molecule has 0 N–H and O–H groups in total. The molecule has 1 saturated heterocycles. The van der Waals surface area contributed by atoms with Crippen molar-refractivity contribution in [3.05, 3.63) is 0 Å². The third-order valence-corrected chi connectivity index (χ3v) is 3.76. The van der Waals surface area contributed by atoms with E-state index in [0.29, 0.717) is 0 Å². The summed E-state index contributed by atoms with van der Waals surface area (Å²) in [5.41, 5.74) is 0. The SMILES string of the molecule is CCCC[C@@H](COC)C(C)C1CCOC1. The second-order valence-corrected chi connectivity index (χ2v) is 4.84. The fraction of sp³-hybridized carbons (Fsp3) is 1.00. The number of unbranched alkanes of at least 4 members (excludes halogenated alkanes) is 1. The maximum atomic E-state index is 5.47. The average Bonchev–Trinajstić information content (AvgIpc) is 2.76. The summed E-state index contributed by atoms with van der Waals surface area (Å²) in [4.78, 5) is 0. The Bertz CT molecular complexity index is 153. The molecule has 3 atom stereocenters. The standard InChI is InChI=1S/C13H26O2/c1-4-5-6-12(9-14-3)11(2)13-7-8-15-10-13/h11-13H,4-10H2,1-3H3/t11?,12-,13?/m0/s1. The normalized spacial score (nSPS) is 25.4. The quantitative estimate of drug-likeness (QED) is 0.648. The summed E-state index contributed by atoms with van der Waals surface area (Å²) in [6, 6.07) is 0. The van der Waals surface area contributed by atoms with Crippen molar-refractivity contribution in [1.29, 1.82) is 0 Å². The van der Waals surface area contributed by atoms with Gasteiger partial charge in [0.2, 0.25) is 0 Å². The molecule has 0 amide bonds. The van der Waals surface area contributed by atoms with Crippen molar-refractivity contribution < 1.29 is 9.47 Å². The third-order valence-electron chi connectivity index (χ3n) is 3.76. The van der Waals surface area contributed by atoms with Crippen molar-refractivity contribution in [3.8, 4) is 0 Å². The van der Waals surface area contributed by atoms with Gasteiger partial charge in [-0.1, -0.05) is 26.7 Å². The van der Waals surface area contributed by atoms with Crippen LogP contribution in [0.5, 0.6) is 0 Å². The molecule has 1 rings (SSSR count). The molecule has 0 spiro atoms. The smallest absolute Gasteiger partial charge is 0.0497 e. The van der Waals surface area contributed by atoms with Crippen LogP contribution in [0.3, 0.4) is 0 Å². The molecule has 2 unspecified atom stereocenters. The van der Waals surface area contributed by atoms with E-state index in [9.17, 15) is 0 Å². The molecule has 1 fully saturated rings. The van der Waals surface area contributed by atoms with E-state index in [1.54, 1.807) is 0 Å². The molecule has 0 bridgehead atoms. The van der Waals surface area contributed by atoms with Crippen LogP contribution in [0.15, 0.2) is 0 Å². The van der Waals surface area contributed by atoms with Crippen LogP contribution in [-0.4, -0.2) is 26.9 Å². The maximum absolute atomic E-state index is 5.47. The fourth-order valence-corrected chi connectivity index (χ4v) is 2.53. The third kappa shape index (κ3) is 4.12. The zero-order valence-electron chi connectivity index (χ0n) is 10.5. The first-order valence-electron chi connectivity index (χ1n) is 6.36. The highest BCUT2D eigenvalue weighted by molar-refractivity contribution is 4.76. The Kier molecular flexibility index (Phi) is 6.26. The molecule has 15 heavy (non-hydrogen) atoms. The summed E-state index contributed by atoms with van der Waals surface area (Å²) in [5.74, 6) is 2.24. The number of rotatable bonds is 7. The summed E-state index contributed by atoms with van der Waals surface area (Å²) >= 11 is 0. The minimum absolute atomic E-state index is 0.724. The lowest BCUT2D eigenvalue weighted by atomic mass is 9.80. The van der Waals surface area contributed by atoms with E-state index in [4.69, 9.17) is 9.47 Å². The molecule has 0 aromatic heterocycles. The molecule has 1 heterocycles. The van der Waals surface area contributed by atoms with Gasteiger partial charge in [0, 0.05) is 26.9 Å². The fourth-order valence-electron chi connectivity index (χ4n) is 2.53. The van der Waals surface area contributed by atoms with E-state index in [1.807, 2.05) is 7.11 Å². The van der Waals surface area contributed by atoms with Gasteiger partial charge < -0.3 is 9.47 Å². The predicted octanol–water partition coefficient (Wildman–Crippen LogP) is 3.11. The van der Waals surface area contributed by atoms with Gasteiger partial charge >= 0.3 is 0 Å². The molecule has 0 aliphatic carbocycles. The highest BCUT2D eigenvalue weighted by Gasteiger charge is 2.28. The van der Waals surface area contributed by atoms with Crippen LogP contribution in [-0.2, 0) is 9.47 Å². The number of ether oxygens (including phenoxy) is 2. The van der Waals surface area contributed by atoms with Gasteiger partial charge in [-0.3, -0.25) is 0 Å². The van der Waals surface area contributed by atoms with Crippen molar-refractivity contribution in [2.75, 3.05) is 26.9 Å². The zero-order valence-corrected chi connectivity index (χ0v) is 10.5. The van der Waals surface area contributed by atoms with Gasteiger partial charge in [-0.15, -0.1) is 0 Å². The van der Waals surface area contributed by atoms with Crippen LogP contribution >= 0.6 is 0 Å². The maximum Gasteiger partial charge on any atom is 0.0497 e. The minimum atomic E-state index is 0.724. The first kappa shape index (κ1) is 13.0. The van der Waals surface area contributed by atoms with Gasteiger partial charge in [-0.25, -0.2) is 0 Å². The van der Waals surface area contributed by atoms with Crippen LogP contribution in [0.25, 0.3) is 0 Å². The summed E-state index contributed by atoms with van der Waals surface area (Å²) in [6.07, 6.45) is 5.16. The Labute approximate surface area is 94.3 Å². The Balaban J connectivity index is 2.37. The van der Waals surface area contributed by atoms with Crippen LogP contribution in [0.1, 0.15) is 39.5 Å². The second-order valence-electron chi connectivity index (χ2n) is 4.84. The van der Waals surface area contributed by atoms with Crippen LogP contribution in [0.2, 0.25) is 0 Å². The first-order valence-corrected chi connectivity index (χ1v) is 6.36. The highest BCUT2D eigenvalue weighted by Crippen LogP contribution is 2.30. The van der Waals surface area contributed by atoms with Crippen molar-refractivity contribution in [2.24, 2.45) is 17.8 Å². The van der Waals surface area contributed by atoms with E-state index in [-0.39, 0.29) is 0 Å². The number of methoxy groups -OCH3 is 1. The van der Waals surface area contributed by atoms with Gasteiger partial charge in [0.15, 0.2) is 0 Å². The Morgan fingerprint density at radius 3 is 2.80 bits per heavy atom. The van der Waals surface area contributed by atoms with Crippen LogP contribution in [0.4, 0.5) is 0 Å². The molecule has 1 aliphatic rings. The highest BCUT2D eigenvalue weighted by atomic mass is 16.5. The Hall–Kier alpha value is -0.0800. The van der Waals surface area contributed by atoms with Crippen molar-refractivity contribution in [3.63, 3.8) is 0 Å². The summed E-state index contributed by atoms with van der Waals surface area (Å²) in [7, 11) is 1.82. The molecule has 0 aromatic carbocycles. The van der Waals surface area contributed by atoms with Gasteiger partial charge in [-0.05, 0) is 30.6 Å². The average molecular weight is 214 g/mol. The second kappa shape index (κ2) is 7.24. The van der Waals surface area contributed by atoms with Crippen LogP contribution < -0.4 is 0 Å². The topological polar surface area (TPSA) is 18.5 Å². The molecular formula is C13H26O2. The molecule has 0 saturated carbocycles. The summed E-state index contributed by atoms with van der Waals surface area (Å²) in [6.45, 7) is 7.47. The number of hydrogen-bond donors (Lipinski definition) is 0.